The molecule has 0 atom stereocenters. The van der Waals surface area contributed by atoms with Crippen molar-refractivity contribution >= 4 is 11.3 Å². The smallest absolute Gasteiger partial charge is 0.358 e. The first-order valence-electron chi connectivity index (χ1n) is 1.44. The molecular weight excluding hydrogens is 98.1 g/mol. The van der Waals surface area contributed by atoms with Crippen molar-refractivity contribution in [3.05, 3.63) is 22.3 Å². The third kappa shape index (κ3) is 0.490. The first kappa shape index (κ1) is 3.61. The molecule has 0 saturated carbocycles. The highest BCUT2D eigenvalue weighted by atomic mass is 32.1. The highest BCUT2D eigenvalue weighted by molar-refractivity contribution is 7.06. The largest absolute Gasteiger partial charge is 0.617 e. The summed E-state index contributed by atoms with van der Waals surface area (Å²) in [6.07, 6.45) is 1.41. The van der Waals surface area contributed by atoms with Crippen LogP contribution >= 0.6 is 11.3 Å². The van der Waals surface area contributed by atoms with Crippen molar-refractivity contribution in [2.24, 2.45) is 0 Å². The third-order valence-electron chi connectivity index (χ3n) is 0.407. The maximum Gasteiger partial charge on any atom is 0.358 e. The highest BCUT2D eigenvalue weighted by Crippen LogP contribution is 1.82. The van der Waals surface area contributed by atoms with Gasteiger partial charge in [0.2, 0.25) is 0 Å². The normalized spacial score (nSPS) is 8.67. The maximum atomic E-state index is 9.94. The molecule has 6 heavy (non-hydrogen) atoms. The Morgan fingerprint density at radius 3 is 2.83 bits per heavy atom. The van der Waals surface area contributed by atoms with E-state index in [-0.39, 0.29) is 0 Å². The van der Waals surface area contributed by atoms with Crippen molar-refractivity contribution in [1.29, 1.82) is 0 Å². The van der Waals surface area contributed by atoms with Crippen LogP contribution in [0.3, 0.4) is 0 Å². The Morgan fingerprint density at radius 1 is 1.83 bits per heavy atom. The van der Waals surface area contributed by atoms with Gasteiger partial charge in [-0.25, -0.2) is 0 Å². The van der Waals surface area contributed by atoms with Gasteiger partial charge in [0.25, 0.3) is 0 Å². The van der Waals surface area contributed by atoms with Crippen LogP contribution in [0.25, 0.3) is 0 Å². The van der Waals surface area contributed by atoms with E-state index in [4.69, 9.17) is 0 Å². The van der Waals surface area contributed by atoms with Gasteiger partial charge < -0.3 is 5.21 Å². The fourth-order valence-electron chi connectivity index (χ4n) is 0.199. The van der Waals surface area contributed by atoms with Crippen molar-refractivity contribution in [1.82, 2.24) is 0 Å². The molecule has 0 aromatic carbocycles. The van der Waals surface area contributed by atoms with E-state index < -0.39 is 0 Å². The zero-order valence-electron chi connectivity index (χ0n) is 2.92. The van der Waals surface area contributed by atoms with E-state index in [1.807, 2.05) is 0 Å². The Hall–Kier alpha value is -0.570. The van der Waals surface area contributed by atoms with Gasteiger partial charge in [-0.15, -0.1) is 0 Å². The van der Waals surface area contributed by atoms with Crippen molar-refractivity contribution in [2.75, 3.05) is 0 Å². The van der Waals surface area contributed by atoms with Crippen molar-refractivity contribution in [2.45, 2.75) is 0 Å². The van der Waals surface area contributed by atoms with E-state index in [0.717, 1.165) is 0 Å². The lowest BCUT2D eigenvalue weighted by Crippen LogP contribution is -2.20. The fraction of sp³-hybridized carbons (Fsp3) is 0. The van der Waals surface area contributed by atoms with E-state index in [1.165, 1.54) is 17.5 Å². The summed E-state index contributed by atoms with van der Waals surface area (Å²) in [5.74, 6) is 0. The van der Waals surface area contributed by atoms with Gasteiger partial charge in [0.05, 0.1) is 5.38 Å². The van der Waals surface area contributed by atoms with Crippen LogP contribution in [0.4, 0.5) is 0 Å². The standard InChI is InChI=1S/C3H2NOS/c5-4-1-2-6-3-4/h1-2H. The SMILES string of the molecule is [O-][n+]1[c]scc1. The highest BCUT2D eigenvalue weighted by Gasteiger charge is 1.81. The number of hydrogen-bond acceptors (Lipinski definition) is 2. The summed E-state index contributed by atoms with van der Waals surface area (Å²) in [5.41, 5.74) is 2.40. The van der Waals surface area contributed by atoms with E-state index in [0.29, 0.717) is 4.73 Å². The van der Waals surface area contributed by atoms with Gasteiger partial charge in [-0.3, -0.25) is 0 Å². The van der Waals surface area contributed by atoms with E-state index in [9.17, 15) is 5.21 Å². The Morgan fingerprint density at radius 2 is 2.67 bits per heavy atom. The molecule has 0 saturated heterocycles. The molecule has 0 aliphatic heterocycles. The second-order valence-corrected chi connectivity index (χ2v) is 1.51. The summed E-state index contributed by atoms with van der Waals surface area (Å²) in [5, 5.41) is 11.6. The molecule has 0 unspecified atom stereocenters. The van der Waals surface area contributed by atoms with Crippen LogP contribution in [-0.2, 0) is 0 Å². The molecule has 0 aliphatic rings. The lowest BCUT2D eigenvalue weighted by Gasteiger charge is -1.77. The molecule has 0 fully saturated rings. The first-order chi connectivity index (χ1) is 2.89. The Kier molecular flexibility index (Phi) is 0.759. The van der Waals surface area contributed by atoms with Crippen molar-refractivity contribution in [3.8, 4) is 0 Å². The lowest BCUT2D eigenvalue weighted by atomic mass is 11.0. The van der Waals surface area contributed by atoms with E-state index in [2.05, 4.69) is 5.51 Å². The number of hydrogen-bond donors (Lipinski definition) is 0. The second-order valence-electron chi connectivity index (χ2n) is 0.820. The van der Waals surface area contributed by atoms with Crippen molar-refractivity contribution in [3.63, 3.8) is 0 Å². The number of thiazole rings is 1. The van der Waals surface area contributed by atoms with Gasteiger partial charge in [-0.2, -0.15) is 4.73 Å². The van der Waals surface area contributed by atoms with Gasteiger partial charge >= 0.3 is 5.51 Å². The fourth-order valence-corrected chi connectivity index (χ4v) is 0.596. The van der Waals surface area contributed by atoms with Crippen LogP contribution < -0.4 is 4.73 Å². The number of aromatic nitrogens is 1. The number of rotatable bonds is 0. The molecule has 2 nitrogen and oxygen atoms in total. The molecule has 0 N–H and O–H groups in total. The molecule has 1 aromatic heterocycles. The van der Waals surface area contributed by atoms with Crippen LogP contribution in [0.5, 0.6) is 0 Å². The van der Waals surface area contributed by atoms with Crippen LogP contribution in [0.15, 0.2) is 11.6 Å². The predicted octanol–water partition coefficient (Wildman–Crippen LogP) is 0.182. The minimum Gasteiger partial charge on any atom is -0.617 e. The second kappa shape index (κ2) is 1.26. The Balaban J connectivity index is 3.05. The average molecular weight is 100 g/mol. The maximum absolute atomic E-state index is 9.94. The molecule has 0 bridgehead atoms. The molecule has 0 spiro atoms. The molecule has 0 amide bonds. The monoisotopic (exact) mass is 100.0 g/mol. The Bertz CT molecular complexity index is 114. The van der Waals surface area contributed by atoms with Crippen LogP contribution in [0, 0.1) is 10.7 Å². The quantitative estimate of drug-likeness (QED) is 0.337. The molecule has 1 rings (SSSR count). The molecule has 0 aliphatic carbocycles. The van der Waals surface area contributed by atoms with Gasteiger partial charge in [0, 0.05) is 0 Å². The van der Waals surface area contributed by atoms with Crippen LogP contribution in [0.1, 0.15) is 0 Å². The molecule has 1 heterocycles. The molecular formula is C3H2NOS. The summed E-state index contributed by atoms with van der Waals surface area (Å²) in [7, 11) is 0. The zero-order valence-corrected chi connectivity index (χ0v) is 3.73. The predicted molar refractivity (Wildman–Crippen MR) is 22.1 cm³/mol. The molecule has 31 valence electrons. The van der Waals surface area contributed by atoms with Gasteiger partial charge in [0.1, 0.15) is 0 Å². The number of nitrogens with zero attached hydrogens (tertiary/aromatic N) is 1. The summed E-state index contributed by atoms with van der Waals surface area (Å²) >= 11 is 1.27. The molecule has 3 heteroatoms. The van der Waals surface area contributed by atoms with E-state index in [1.54, 1.807) is 5.38 Å². The molecule has 1 aromatic rings. The minimum atomic E-state index is 0.644. The van der Waals surface area contributed by atoms with Gasteiger partial charge in [-0.05, 0) is 0 Å². The summed E-state index contributed by atoms with van der Waals surface area (Å²) in [6.45, 7) is 0. The summed E-state index contributed by atoms with van der Waals surface area (Å²) in [6, 6.07) is 0. The van der Waals surface area contributed by atoms with E-state index >= 15 is 0 Å². The zero-order chi connectivity index (χ0) is 4.41. The van der Waals surface area contributed by atoms with Crippen LogP contribution in [0.2, 0.25) is 0 Å². The lowest BCUT2D eigenvalue weighted by molar-refractivity contribution is -0.604. The first-order valence-corrected chi connectivity index (χ1v) is 2.32. The van der Waals surface area contributed by atoms with Gasteiger partial charge in [-0.1, -0.05) is 11.3 Å². The summed E-state index contributed by atoms with van der Waals surface area (Å²) in [4.78, 5) is 0. The molecule has 1 radical (unpaired) electrons. The minimum absolute atomic E-state index is 0.644. The Labute approximate surface area is 39.2 Å². The van der Waals surface area contributed by atoms with Crippen molar-refractivity contribution < 1.29 is 4.73 Å². The third-order valence-corrected chi connectivity index (χ3v) is 0.950. The topological polar surface area (TPSA) is 26.9 Å². The van der Waals surface area contributed by atoms with Crippen LogP contribution in [-0.4, -0.2) is 0 Å². The summed E-state index contributed by atoms with van der Waals surface area (Å²) < 4.78 is 0.644. The van der Waals surface area contributed by atoms with Gasteiger partial charge in [0.15, 0.2) is 6.20 Å². The average Bonchev–Trinajstić information content (AvgIpc) is 1.86.